The van der Waals surface area contributed by atoms with Crippen molar-refractivity contribution in [1.82, 2.24) is 9.80 Å². The topological polar surface area (TPSA) is 40.6 Å². The normalized spacial score (nSPS) is 16.3. The number of nitrogens with zero attached hydrogens (tertiary/aromatic N) is 2. The zero-order chi connectivity index (χ0) is 21.4. The van der Waals surface area contributed by atoms with E-state index in [0.717, 1.165) is 25.7 Å². The minimum atomic E-state index is -0.433. The van der Waals surface area contributed by atoms with E-state index >= 15 is 0 Å². The fourth-order valence-corrected chi connectivity index (χ4v) is 3.79. The van der Waals surface area contributed by atoms with Crippen molar-refractivity contribution in [3.63, 3.8) is 0 Å². The Balaban J connectivity index is 2.92. The van der Waals surface area contributed by atoms with Crippen LogP contribution in [0.5, 0.6) is 0 Å². The van der Waals surface area contributed by atoms with Gasteiger partial charge in [0.1, 0.15) is 0 Å². The first-order valence-corrected chi connectivity index (χ1v) is 10.6. The average Bonchev–Trinajstić information content (AvgIpc) is 3.28. The van der Waals surface area contributed by atoms with Crippen molar-refractivity contribution in [2.75, 3.05) is 6.54 Å². The molecule has 0 aromatic carbocycles. The standard InChI is InChI=1S/C23H44N2O2/c1-12-24(18(26)20(2,3)4)23(10,11)16-15-22(8,9)19(27)25(17-13-14-17)21(5,6)7/h17H,12-16H2,1-11H3. The molecule has 1 rings (SSSR count). The Morgan fingerprint density at radius 1 is 0.815 bits per heavy atom. The molecule has 0 unspecified atom stereocenters. The SMILES string of the molecule is CCN(C(=O)C(C)(C)C)C(C)(C)CCC(C)(C)C(=O)N(C1CC1)C(C)(C)C. The second-order valence-electron chi connectivity index (χ2n) is 11.6. The Labute approximate surface area is 168 Å². The number of amides is 2. The third-order valence-electron chi connectivity index (χ3n) is 5.73. The monoisotopic (exact) mass is 380 g/mol. The van der Waals surface area contributed by atoms with Gasteiger partial charge in [0.25, 0.3) is 0 Å². The summed E-state index contributed by atoms with van der Waals surface area (Å²) in [7, 11) is 0. The highest BCUT2D eigenvalue weighted by atomic mass is 16.2. The molecule has 1 aliphatic carbocycles. The highest BCUT2D eigenvalue weighted by molar-refractivity contribution is 5.83. The van der Waals surface area contributed by atoms with Gasteiger partial charge in [-0.1, -0.05) is 34.6 Å². The number of hydrogen-bond donors (Lipinski definition) is 0. The van der Waals surface area contributed by atoms with E-state index in [1.807, 2.05) is 32.6 Å². The third-order valence-corrected chi connectivity index (χ3v) is 5.73. The molecule has 0 N–H and O–H groups in total. The molecular weight excluding hydrogens is 336 g/mol. The fourth-order valence-electron chi connectivity index (χ4n) is 3.79. The van der Waals surface area contributed by atoms with Crippen LogP contribution >= 0.6 is 0 Å². The van der Waals surface area contributed by atoms with Crippen molar-refractivity contribution in [3.05, 3.63) is 0 Å². The maximum absolute atomic E-state index is 13.4. The first kappa shape index (κ1) is 24.0. The van der Waals surface area contributed by atoms with E-state index in [9.17, 15) is 9.59 Å². The molecule has 0 radical (unpaired) electrons. The van der Waals surface area contributed by atoms with E-state index in [1.165, 1.54) is 0 Å². The predicted octanol–water partition coefficient (Wildman–Crippen LogP) is 5.26. The second-order valence-corrected chi connectivity index (χ2v) is 11.6. The number of carbonyl (C=O) groups is 2. The average molecular weight is 381 g/mol. The van der Waals surface area contributed by atoms with E-state index in [2.05, 4.69) is 53.4 Å². The van der Waals surface area contributed by atoms with Crippen LogP contribution in [-0.4, -0.2) is 45.3 Å². The zero-order valence-corrected chi connectivity index (χ0v) is 19.8. The lowest BCUT2D eigenvalue weighted by atomic mass is 9.79. The summed E-state index contributed by atoms with van der Waals surface area (Å²) in [6.45, 7) is 23.4. The molecule has 0 aromatic rings. The largest absolute Gasteiger partial charge is 0.337 e. The van der Waals surface area contributed by atoms with E-state index in [1.54, 1.807) is 0 Å². The molecule has 0 spiro atoms. The van der Waals surface area contributed by atoms with Gasteiger partial charge < -0.3 is 9.80 Å². The smallest absolute Gasteiger partial charge is 0.228 e. The Bertz CT molecular complexity index is 546. The van der Waals surface area contributed by atoms with Gasteiger partial charge in [-0.05, 0) is 67.2 Å². The van der Waals surface area contributed by atoms with Crippen LogP contribution < -0.4 is 0 Å². The van der Waals surface area contributed by atoms with Crippen LogP contribution in [0.25, 0.3) is 0 Å². The summed E-state index contributed by atoms with van der Waals surface area (Å²) in [6, 6.07) is 0.402. The minimum Gasteiger partial charge on any atom is -0.337 e. The summed E-state index contributed by atoms with van der Waals surface area (Å²) in [5.74, 6) is 0.423. The molecule has 1 fully saturated rings. The third kappa shape index (κ3) is 5.96. The molecule has 158 valence electrons. The Morgan fingerprint density at radius 3 is 1.63 bits per heavy atom. The molecule has 2 amide bonds. The van der Waals surface area contributed by atoms with Crippen molar-refractivity contribution < 1.29 is 9.59 Å². The molecule has 0 saturated heterocycles. The maximum atomic E-state index is 13.4. The summed E-state index contributed by atoms with van der Waals surface area (Å²) in [4.78, 5) is 30.4. The minimum absolute atomic E-state index is 0.150. The summed E-state index contributed by atoms with van der Waals surface area (Å²) in [5, 5.41) is 0. The number of carbonyl (C=O) groups excluding carboxylic acids is 2. The van der Waals surface area contributed by atoms with Crippen LogP contribution in [0, 0.1) is 10.8 Å². The molecule has 4 nitrogen and oxygen atoms in total. The van der Waals surface area contributed by atoms with Crippen molar-refractivity contribution in [1.29, 1.82) is 0 Å². The summed E-state index contributed by atoms with van der Waals surface area (Å²) in [6.07, 6.45) is 3.82. The molecule has 0 heterocycles. The number of rotatable bonds is 7. The zero-order valence-electron chi connectivity index (χ0n) is 19.8. The molecule has 0 atom stereocenters. The van der Waals surface area contributed by atoms with Gasteiger partial charge in [-0.2, -0.15) is 0 Å². The molecule has 1 aliphatic rings. The van der Waals surface area contributed by atoms with Crippen molar-refractivity contribution >= 4 is 11.8 Å². The molecular formula is C23H44N2O2. The van der Waals surface area contributed by atoms with Gasteiger partial charge in [-0.25, -0.2) is 0 Å². The van der Waals surface area contributed by atoms with E-state index < -0.39 is 10.8 Å². The first-order chi connectivity index (χ1) is 11.9. The number of hydrogen-bond acceptors (Lipinski definition) is 2. The van der Waals surface area contributed by atoms with Crippen LogP contribution in [0.4, 0.5) is 0 Å². The Hall–Kier alpha value is -1.06. The summed E-state index contributed by atoms with van der Waals surface area (Å²) >= 11 is 0. The Morgan fingerprint density at radius 2 is 1.30 bits per heavy atom. The second kappa shape index (κ2) is 7.75. The summed E-state index contributed by atoms with van der Waals surface area (Å²) in [5.41, 5.74) is -1.25. The van der Waals surface area contributed by atoms with Gasteiger partial charge in [-0.15, -0.1) is 0 Å². The van der Waals surface area contributed by atoms with Gasteiger partial charge in [0.15, 0.2) is 0 Å². The van der Waals surface area contributed by atoms with Crippen molar-refractivity contribution in [3.8, 4) is 0 Å². The first-order valence-electron chi connectivity index (χ1n) is 10.6. The molecule has 1 saturated carbocycles. The lowest BCUT2D eigenvalue weighted by molar-refractivity contribution is -0.148. The van der Waals surface area contributed by atoms with E-state index in [-0.39, 0.29) is 22.9 Å². The lowest BCUT2D eigenvalue weighted by Gasteiger charge is -2.44. The van der Waals surface area contributed by atoms with Gasteiger partial charge >= 0.3 is 0 Å². The van der Waals surface area contributed by atoms with Crippen LogP contribution in [0.3, 0.4) is 0 Å². The quantitative estimate of drug-likeness (QED) is 0.605. The molecule has 0 aliphatic heterocycles. The van der Waals surface area contributed by atoms with Gasteiger partial charge in [0.2, 0.25) is 11.8 Å². The summed E-state index contributed by atoms with van der Waals surface area (Å²) < 4.78 is 0. The Kier molecular flexibility index (Phi) is 6.88. The highest BCUT2D eigenvalue weighted by Crippen LogP contribution is 2.39. The van der Waals surface area contributed by atoms with Gasteiger partial charge in [0, 0.05) is 34.5 Å². The fraction of sp³-hybridized carbons (Fsp3) is 0.913. The highest BCUT2D eigenvalue weighted by Gasteiger charge is 2.45. The molecule has 4 heteroatoms. The van der Waals surface area contributed by atoms with Crippen molar-refractivity contribution in [2.45, 2.75) is 119 Å². The van der Waals surface area contributed by atoms with Gasteiger partial charge in [-0.3, -0.25) is 9.59 Å². The molecule has 0 bridgehead atoms. The van der Waals surface area contributed by atoms with E-state index in [4.69, 9.17) is 0 Å². The maximum Gasteiger partial charge on any atom is 0.228 e. The lowest BCUT2D eigenvalue weighted by Crippen LogP contribution is -2.54. The van der Waals surface area contributed by atoms with E-state index in [0.29, 0.717) is 12.6 Å². The van der Waals surface area contributed by atoms with Crippen LogP contribution in [0.1, 0.15) is 102 Å². The molecule has 0 aromatic heterocycles. The van der Waals surface area contributed by atoms with Crippen molar-refractivity contribution in [2.24, 2.45) is 10.8 Å². The van der Waals surface area contributed by atoms with Crippen LogP contribution in [0.15, 0.2) is 0 Å². The van der Waals surface area contributed by atoms with Crippen LogP contribution in [-0.2, 0) is 9.59 Å². The van der Waals surface area contributed by atoms with Gasteiger partial charge in [0.05, 0.1) is 0 Å². The predicted molar refractivity (Wildman–Crippen MR) is 114 cm³/mol. The van der Waals surface area contributed by atoms with Crippen LogP contribution in [0.2, 0.25) is 0 Å². The molecule has 27 heavy (non-hydrogen) atoms.